The topological polar surface area (TPSA) is 92.0 Å². The molecule has 1 fully saturated rings. The van der Waals surface area contributed by atoms with Gasteiger partial charge >= 0.3 is 6.03 Å². The van der Waals surface area contributed by atoms with Gasteiger partial charge in [-0.15, -0.1) is 24.0 Å². The molecule has 0 unspecified atom stereocenters. The molecule has 1 saturated heterocycles. The highest BCUT2D eigenvalue weighted by molar-refractivity contribution is 14.0. The number of amides is 2. The van der Waals surface area contributed by atoms with Gasteiger partial charge in [0.15, 0.2) is 5.96 Å². The highest BCUT2D eigenvalue weighted by Gasteiger charge is 2.17. The van der Waals surface area contributed by atoms with E-state index in [1.54, 1.807) is 7.11 Å². The quantitative estimate of drug-likeness (QED) is 0.334. The predicted octanol–water partition coefficient (Wildman–Crippen LogP) is 3.87. The summed E-state index contributed by atoms with van der Waals surface area (Å²) in [6, 6.07) is 15.1. The lowest BCUT2D eigenvalue weighted by molar-refractivity contribution is 0.222. The van der Waals surface area contributed by atoms with Crippen molar-refractivity contribution in [3.8, 4) is 5.75 Å². The van der Waals surface area contributed by atoms with Gasteiger partial charge in [0.2, 0.25) is 0 Å². The Morgan fingerprint density at radius 2 is 1.79 bits per heavy atom. The van der Waals surface area contributed by atoms with Crippen LogP contribution in [0.25, 0.3) is 0 Å². The van der Waals surface area contributed by atoms with Crippen LogP contribution in [0.1, 0.15) is 18.4 Å². The smallest absolute Gasteiger partial charge is 0.321 e. The maximum Gasteiger partial charge on any atom is 0.321 e. The fraction of sp³-hybridized carbons (Fsp3) is 0.300. The number of hydrogen-bond donors (Lipinski definition) is 3. The van der Waals surface area contributed by atoms with Gasteiger partial charge in [-0.2, -0.15) is 0 Å². The number of aliphatic imine (C=N–C) groups is 1. The summed E-state index contributed by atoms with van der Waals surface area (Å²) in [6.07, 6.45) is 2.14. The molecule has 28 heavy (non-hydrogen) atoms. The largest absolute Gasteiger partial charge is 0.497 e. The number of carbonyl (C=O) groups is 1. The van der Waals surface area contributed by atoms with Gasteiger partial charge in [-0.25, -0.2) is 9.79 Å². The van der Waals surface area contributed by atoms with Crippen LogP contribution in [0.5, 0.6) is 5.75 Å². The van der Waals surface area contributed by atoms with Crippen molar-refractivity contribution in [1.29, 1.82) is 0 Å². The standard InChI is InChI=1S/C20H25N5O2.HI/c1-27-18-9-5-8-17(13-18)23-19(21)22-14-15-6-4-7-16(12-15)24-20(26)25-10-2-3-11-25;/h4-9,12-13H,2-3,10-11,14H2,1H3,(H,24,26)(H3,21,22,23);1H. The van der Waals surface area contributed by atoms with E-state index in [9.17, 15) is 4.79 Å². The van der Waals surface area contributed by atoms with Crippen LogP contribution < -0.4 is 21.1 Å². The monoisotopic (exact) mass is 495 g/mol. The third-order valence-electron chi connectivity index (χ3n) is 4.35. The Balaban J connectivity index is 0.00000280. The molecule has 0 spiro atoms. The fourth-order valence-electron chi connectivity index (χ4n) is 2.93. The number of halogens is 1. The molecule has 1 aliphatic rings. The Labute approximate surface area is 182 Å². The maximum atomic E-state index is 12.2. The highest BCUT2D eigenvalue weighted by Crippen LogP contribution is 2.17. The van der Waals surface area contributed by atoms with E-state index >= 15 is 0 Å². The summed E-state index contributed by atoms with van der Waals surface area (Å²) in [5.41, 5.74) is 8.50. The number of carbonyl (C=O) groups excluding carboxylic acids is 1. The van der Waals surface area contributed by atoms with Crippen LogP contribution in [0.2, 0.25) is 0 Å². The van der Waals surface area contributed by atoms with E-state index in [0.717, 1.165) is 48.6 Å². The molecule has 150 valence electrons. The van der Waals surface area contributed by atoms with Gasteiger partial charge in [0.25, 0.3) is 0 Å². The number of rotatable bonds is 5. The van der Waals surface area contributed by atoms with Crippen molar-refractivity contribution < 1.29 is 9.53 Å². The molecule has 2 amide bonds. The van der Waals surface area contributed by atoms with Crippen LogP contribution in [0.4, 0.5) is 16.2 Å². The number of methoxy groups -OCH3 is 1. The summed E-state index contributed by atoms with van der Waals surface area (Å²) in [5.74, 6) is 1.06. The molecule has 0 atom stereocenters. The van der Waals surface area contributed by atoms with E-state index in [-0.39, 0.29) is 30.0 Å². The van der Waals surface area contributed by atoms with Crippen molar-refractivity contribution in [1.82, 2.24) is 4.90 Å². The molecule has 1 aliphatic heterocycles. The Morgan fingerprint density at radius 3 is 2.50 bits per heavy atom. The van der Waals surface area contributed by atoms with Gasteiger partial charge in [-0.3, -0.25) is 0 Å². The molecule has 2 aromatic carbocycles. The number of benzene rings is 2. The van der Waals surface area contributed by atoms with Crippen LogP contribution in [0.3, 0.4) is 0 Å². The van der Waals surface area contributed by atoms with Crippen LogP contribution in [0, 0.1) is 0 Å². The molecule has 0 bridgehead atoms. The Hall–Kier alpha value is -2.49. The minimum atomic E-state index is -0.0487. The van der Waals surface area contributed by atoms with Gasteiger partial charge in [0, 0.05) is 30.5 Å². The SMILES string of the molecule is COc1cccc(NC(N)=NCc2cccc(NC(=O)N3CCCC3)c2)c1.I. The van der Waals surface area contributed by atoms with Crippen molar-refractivity contribution in [2.75, 3.05) is 30.8 Å². The second kappa shape index (κ2) is 10.7. The lowest BCUT2D eigenvalue weighted by Crippen LogP contribution is -2.32. The van der Waals surface area contributed by atoms with Gasteiger partial charge in [-0.05, 0) is 42.7 Å². The third kappa shape index (κ3) is 6.29. The maximum absolute atomic E-state index is 12.2. The number of nitrogens with zero attached hydrogens (tertiary/aromatic N) is 2. The molecule has 0 radical (unpaired) electrons. The number of likely N-dealkylation sites (tertiary alicyclic amines) is 1. The lowest BCUT2D eigenvalue weighted by Gasteiger charge is -2.16. The van der Waals surface area contributed by atoms with Crippen molar-refractivity contribution in [2.45, 2.75) is 19.4 Å². The average Bonchev–Trinajstić information content (AvgIpc) is 3.22. The Morgan fingerprint density at radius 1 is 1.11 bits per heavy atom. The molecule has 4 N–H and O–H groups in total. The number of guanidine groups is 1. The zero-order chi connectivity index (χ0) is 19.1. The number of ether oxygens (including phenoxy) is 1. The van der Waals surface area contributed by atoms with E-state index in [1.807, 2.05) is 53.4 Å². The second-order valence-electron chi connectivity index (χ2n) is 6.38. The van der Waals surface area contributed by atoms with E-state index in [1.165, 1.54) is 0 Å². The Kier molecular flexibility index (Phi) is 8.37. The first-order chi connectivity index (χ1) is 13.1. The number of anilines is 2. The minimum absolute atomic E-state index is 0. The first kappa shape index (κ1) is 21.8. The number of nitrogens with one attached hydrogen (secondary N) is 2. The first-order valence-corrected chi connectivity index (χ1v) is 9.00. The van der Waals surface area contributed by atoms with Crippen molar-refractivity contribution in [2.24, 2.45) is 10.7 Å². The summed E-state index contributed by atoms with van der Waals surface area (Å²) >= 11 is 0. The van der Waals surface area contributed by atoms with Crippen LogP contribution in [0.15, 0.2) is 53.5 Å². The van der Waals surface area contributed by atoms with Crippen molar-refractivity contribution in [3.63, 3.8) is 0 Å². The van der Waals surface area contributed by atoms with E-state index in [2.05, 4.69) is 15.6 Å². The predicted molar refractivity (Wildman–Crippen MR) is 124 cm³/mol. The second-order valence-corrected chi connectivity index (χ2v) is 6.38. The van der Waals surface area contributed by atoms with E-state index < -0.39 is 0 Å². The zero-order valence-corrected chi connectivity index (χ0v) is 18.2. The van der Waals surface area contributed by atoms with Gasteiger partial charge in [0.05, 0.1) is 13.7 Å². The normalized spacial score (nSPS) is 13.6. The molecule has 1 heterocycles. The van der Waals surface area contributed by atoms with Crippen LogP contribution in [-0.2, 0) is 6.54 Å². The minimum Gasteiger partial charge on any atom is -0.497 e. The number of urea groups is 1. The summed E-state index contributed by atoms with van der Waals surface area (Å²) in [6.45, 7) is 2.06. The molecule has 0 aliphatic carbocycles. The summed E-state index contributed by atoms with van der Waals surface area (Å²) in [4.78, 5) is 18.4. The van der Waals surface area contributed by atoms with Crippen LogP contribution >= 0.6 is 24.0 Å². The zero-order valence-electron chi connectivity index (χ0n) is 15.9. The third-order valence-corrected chi connectivity index (χ3v) is 4.35. The summed E-state index contributed by atoms with van der Waals surface area (Å²) in [5, 5.41) is 5.98. The molecule has 0 saturated carbocycles. The molecule has 2 aromatic rings. The average molecular weight is 495 g/mol. The van der Waals surface area contributed by atoms with Crippen molar-refractivity contribution in [3.05, 3.63) is 54.1 Å². The molecular formula is C20H26IN5O2. The summed E-state index contributed by atoms with van der Waals surface area (Å²) in [7, 11) is 1.62. The number of nitrogens with two attached hydrogens (primary N) is 1. The number of hydrogen-bond acceptors (Lipinski definition) is 3. The molecule has 8 heteroatoms. The molecule has 7 nitrogen and oxygen atoms in total. The van der Waals surface area contributed by atoms with E-state index in [4.69, 9.17) is 10.5 Å². The Bertz CT molecular complexity index is 822. The molecule has 0 aromatic heterocycles. The van der Waals surface area contributed by atoms with Crippen LogP contribution in [-0.4, -0.2) is 37.1 Å². The van der Waals surface area contributed by atoms with Gasteiger partial charge < -0.3 is 26.0 Å². The first-order valence-electron chi connectivity index (χ1n) is 9.00. The van der Waals surface area contributed by atoms with Gasteiger partial charge in [-0.1, -0.05) is 18.2 Å². The molecular weight excluding hydrogens is 469 g/mol. The lowest BCUT2D eigenvalue weighted by atomic mass is 10.2. The summed E-state index contributed by atoms with van der Waals surface area (Å²) < 4.78 is 5.19. The fourth-order valence-corrected chi connectivity index (χ4v) is 2.93. The van der Waals surface area contributed by atoms with Crippen molar-refractivity contribution >= 4 is 47.3 Å². The highest BCUT2D eigenvalue weighted by atomic mass is 127. The molecule has 3 rings (SSSR count). The van der Waals surface area contributed by atoms with E-state index in [0.29, 0.717) is 12.5 Å². The van der Waals surface area contributed by atoms with Gasteiger partial charge in [0.1, 0.15) is 5.75 Å².